The van der Waals surface area contributed by atoms with Crippen molar-refractivity contribution in [1.29, 1.82) is 5.26 Å². The lowest BCUT2D eigenvalue weighted by molar-refractivity contribution is -0.118. The number of nitriles is 1. The molecule has 1 aliphatic heterocycles. The third-order valence-corrected chi connectivity index (χ3v) is 6.09. The molecule has 0 radical (unpaired) electrons. The van der Waals surface area contributed by atoms with Crippen molar-refractivity contribution in [3.8, 4) is 11.8 Å². The SMILES string of the molecule is N#Cc1c(NC(=O)COc2ccc3c(c2)CCC(=O)N3)sc2c1CCCC2. The Morgan fingerprint density at radius 1 is 1.26 bits per heavy atom. The highest BCUT2D eigenvalue weighted by molar-refractivity contribution is 7.16. The molecule has 1 aromatic heterocycles. The number of hydrogen-bond donors (Lipinski definition) is 2. The predicted octanol–water partition coefficient (Wildman–Crippen LogP) is 3.40. The van der Waals surface area contributed by atoms with Crippen LogP contribution in [0.3, 0.4) is 0 Å². The highest BCUT2D eigenvalue weighted by Crippen LogP contribution is 2.37. The lowest BCUT2D eigenvalue weighted by Crippen LogP contribution is -2.21. The van der Waals surface area contributed by atoms with Crippen molar-refractivity contribution < 1.29 is 14.3 Å². The van der Waals surface area contributed by atoms with Crippen LogP contribution in [0, 0.1) is 11.3 Å². The fourth-order valence-electron chi connectivity index (χ4n) is 3.53. The Morgan fingerprint density at radius 3 is 2.96 bits per heavy atom. The van der Waals surface area contributed by atoms with E-state index in [0.717, 1.165) is 42.5 Å². The number of carbonyl (C=O) groups excluding carboxylic acids is 2. The second-order valence-corrected chi connectivity index (χ2v) is 7.84. The van der Waals surface area contributed by atoms with Gasteiger partial charge in [-0.3, -0.25) is 9.59 Å². The molecular weight excluding hydrogens is 362 g/mol. The van der Waals surface area contributed by atoms with E-state index >= 15 is 0 Å². The summed E-state index contributed by atoms with van der Waals surface area (Å²) in [5.74, 6) is 0.324. The summed E-state index contributed by atoms with van der Waals surface area (Å²) in [6.45, 7) is -0.126. The monoisotopic (exact) mass is 381 g/mol. The summed E-state index contributed by atoms with van der Waals surface area (Å²) in [5, 5.41) is 15.7. The Balaban J connectivity index is 1.40. The van der Waals surface area contributed by atoms with Gasteiger partial charge in [-0.2, -0.15) is 5.26 Å². The van der Waals surface area contributed by atoms with Gasteiger partial charge in [0.2, 0.25) is 5.91 Å². The molecule has 0 fully saturated rings. The molecule has 138 valence electrons. The molecule has 1 aromatic carbocycles. The summed E-state index contributed by atoms with van der Waals surface area (Å²) in [4.78, 5) is 24.9. The van der Waals surface area contributed by atoms with E-state index < -0.39 is 0 Å². The van der Waals surface area contributed by atoms with Gasteiger partial charge in [0.25, 0.3) is 5.91 Å². The van der Waals surface area contributed by atoms with Crippen LogP contribution in [0.5, 0.6) is 5.75 Å². The first-order chi connectivity index (χ1) is 13.1. The largest absolute Gasteiger partial charge is 0.484 e. The Labute approximate surface area is 161 Å². The van der Waals surface area contributed by atoms with E-state index in [4.69, 9.17) is 4.74 Å². The van der Waals surface area contributed by atoms with Gasteiger partial charge in [0.15, 0.2) is 6.61 Å². The minimum absolute atomic E-state index is 0.0162. The number of rotatable bonds is 4. The number of thiophene rings is 1. The highest BCUT2D eigenvalue weighted by Gasteiger charge is 2.22. The first-order valence-corrected chi connectivity index (χ1v) is 9.86. The van der Waals surface area contributed by atoms with Crippen LogP contribution in [-0.2, 0) is 28.9 Å². The molecule has 4 rings (SSSR count). The van der Waals surface area contributed by atoms with Crippen LogP contribution in [-0.4, -0.2) is 18.4 Å². The number of aryl methyl sites for hydroxylation is 2. The molecular formula is C20H19N3O3S. The summed E-state index contributed by atoms with van der Waals surface area (Å²) in [7, 11) is 0. The number of fused-ring (bicyclic) bond motifs is 2. The lowest BCUT2D eigenvalue weighted by atomic mass is 9.96. The van der Waals surface area contributed by atoms with Gasteiger partial charge in [-0.1, -0.05) is 0 Å². The summed E-state index contributed by atoms with van der Waals surface area (Å²) >= 11 is 1.51. The van der Waals surface area contributed by atoms with Crippen LogP contribution in [0.2, 0.25) is 0 Å². The molecule has 0 bridgehead atoms. The average Bonchev–Trinajstić information content (AvgIpc) is 3.03. The normalized spacial score (nSPS) is 15.1. The number of anilines is 2. The summed E-state index contributed by atoms with van der Waals surface area (Å²) in [6.07, 6.45) is 5.23. The van der Waals surface area contributed by atoms with Crippen LogP contribution in [0.25, 0.3) is 0 Å². The number of hydrogen-bond acceptors (Lipinski definition) is 5. The lowest BCUT2D eigenvalue weighted by Gasteiger charge is -2.17. The zero-order valence-electron chi connectivity index (χ0n) is 14.8. The van der Waals surface area contributed by atoms with E-state index in [2.05, 4.69) is 16.7 Å². The van der Waals surface area contributed by atoms with E-state index in [0.29, 0.717) is 29.2 Å². The molecule has 2 aliphatic rings. The van der Waals surface area contributed by atoms with Crippen LogP contribution in [0.15, 0.2) is 18.2 Å². The fourth-order valence-corrected chi connectivity index (χ4v) is 4.79. The van der Waals surface area contributed by atoms with Crippen molar-refractivity contribution in [3.05, 3.63) is 39.8 Å². The first-order valence-electron chi connectivity index (χ1n) is 9.04. The zero-order valence-corrected chi connectivity index (χ0v) is 15.6. The molecule has 0 saturated heterocycles. The van der Waals surface area contributed by atoms with Crippen molar-refractivity contribution in [3.63, 3.8) is 0 Å². The number of benzene rings is 1. The quantitative estimate of drug-likeness (QED) is 0.849. The maximum Gasteiger partial charge on any atom is 0.262 e. The number of nitrogens with one attached hydrogen (secondary N) is 2. The van der Waals surface area contributed by atoms with Crippen molar-refractivity contribution in [2.45, 2.75) is 38.5 Å². The molecule has 0 atom stereocenters. The Hall–Kier alpha value is -2.85. The van der Waals surface area contributed by atoms with Crippen molar-refractivity contribution in [2.24, 2.45) is 0 Å². The molecule has 2 amide bonds. The molecule has 2 N–H and O–H groups in total. The standard InChI is InChI=1S/C20H19N3O3S/c21-10-15-14-3-1-2-4-17(14)27-20(15)23-19(25)11-26-13-6-7-16-12(9-13)5-8-18(24)22-16/h6-7,9H,1-5,8,11H2,(H,22,24)(H,23,25). The Morgan fingerprint density at radius 2 is 2.11 bits per heavy atom. The molecule has 27 heavy (non-hydrogen) atoms. The molecule has 1 aliphatic carbocycles. The van der Waals surface area contributed by atoms with Gasteiger partial charge in [-0.25, -0.2) is 0 Å². The van der Waals surface area contributed by atoms with Crippen LogP contribution in [0.4, 0.5) is 10.7 Å². The Bertz CT molecular complexity index is 958. The van der Waals surface area contributed by atoms with Crippen LogP contribution >= 0.6 is 11.3 Å². The van der Waals surface area contributed by atoms with E-state index in [1.807, 2.05) is 6.07 Å². The number of carbonyl (C=O) groups is 2. The Kier molecular flexibility index (Phi) is 4.82. The van der Waals surface area contributed by atoms with Gasteiger partial charge < -0.3 is 15.4 Å². The topological polar surface area (TPSA) is 91.2 Å². The molecule has 6 nitrogen and oxygen atoms in total. The predicted molar refractivity (Wildman–Crippen MR) is 103 cm³/mol. The van der Waals surface area contributed by atoms with Crippen molar-refractivity contribution in [1.82, 2.24) is 0 Å². The third kappa shape index (κ3) is 3.67. The van der Waals surface area contributed by atoms with Gasteiger partial charge in [0.1, 0.15) is 16.8 Å². The summed E-state index contributed by atoms with van der Waals surface area (Å²) in [5.41, 5.74) is 3.50. The second kappa shape index (κ2) is 7.41. The molecule has 7 heteroatoms. The number of nitrogens with zero attached hydrogens (tertiary/aromatic N) is 1. The summed E-state index contributed by atoms with van der Waals surface area (Å²) in [6, 6.07) is 7.63. The van der Waals surface area contributed by atoms with Crippen LogP contribution < -0.4 is 15.4 Å². The molecule has 0 unspecified atom stereocenters. The maximum absolute atomic E-state index is 12.3. The van der Waals surface area contributed by atoms with Crippen molar-refractivity contribution >= 4 is 33.8 Å². The fraction of sp³-hybridized carbons (Fsp3) is 0.350. The number of amides is 2. The molecule has 0 spiro atoms. The second-order valence-electron chi connectivity index (χ2n) is 6.73. The molecule has 0 saturated carbocycles. The average molecular weight is 381 g/mol. The molecule has 2 heterocycles. The highest BCUT2D eigenvalue weighted by atomic mass is 32.1. The third-order valence-electron chi connectivity index (χ3n) is 4.88. The number of ether oxygens (including phenoxy) is 1. The molecule has 2 aromatic rings. The van der Waals surface area contributed by atoms with Gasteiger partial charge in [-0.05, 0) is 61.4 Å². The van der Waals surface area contributed by atoms with Gasteiger partial charge >= 0.3 is 0 Å². The van der Waals surface area contributed by atoms with E-state index in [-0.39, 0.29) is 18.4 Å². The van der Waals surface area contributed by atoms with E-state index in [1.54, 1.807) is 12.1 Å². The van der Waals surface area contributed by atoms with E-state index in [1.165, 1.54) is 16.2 Å². The first kappa shape index (κ1) is 17.6. The summed E-state index contributed by atoms with van der Waals surface area (Å²) < 4.78 is 5.61. The minimum Gasteiger partial charge on any atom is -0.484 e. The maximum atomic E-state index is 12.3. The van der Waals surface area contributed by atoms with Gasteiger partial charge in [0.05, 0.1) is 5.56 Å². The van der Waals surface area contributed by atoms with Gasteiger partial charge in [0, 0.05) is 17.0 Å². The zero-order chi connectivity index (χ0) is 18.8. The van der Waals surface area contributed by atoms with Crippen LogP contribution in [0.1, 0.15) is 40.8 Å². The van der Waals surface area contributed by atoms with E-state index in [9.17, 15) is 14.9 Å². The minimum atomic E-state index is -0.281. The smallest absolute Gasteiger partial charge is 0.262 e. The van der Waals surface area contributed by atoms with Gasteiger partial charge in [-0.15, -0.1) is 11.3 Å². The van der Waals surface area contributed by atoms with Crippen molar-refractivity contribution in [2.75, 3.05) is 17.2 Å².